The number of aromatic nitrogens is 2. The van der Waals surface area contributed by atoms with Crippen molar-refractivity contribution in [3.05, 3.63) is 47.3 Å². The SMILES string of the molecule is Cc1nn(C)cc1C(=O)Nc1cccc(C(C)C)c1. The lowest BCUT2D eigenvalue weighted by Gasteiger charge is -2.09. The summed E-state index contributed by atoms with van der Waals surface area (Å²) in [5.74, 6) is 0.323. The van der Waals surface area contributed by atoms with Gasteiger partial charge >= 0.3 is 0 Å². The number of hydrogen-bond donors (Lipinski definition) is 1. The normalized spacial score (nSPS) is 10.8. The van der Waals surface area contributed by atoms with Crippen LogP contribution in [0.2, 0.25) is 0 Å². The molecule has 1 aromatic carbocycles. The minimum atomic E-state index is -0.119. The third-order valence-electron chi connectivity index (χ3n) is 3.07. The summed E-state index contributed by atoms with van der Waals surface area (Å²) < 4.78 is 1.65. The first-order valence-corrected chi connectivity index (χ1v) is 6.39. The van der Waals surface area contributed by atoms with Crippen molar-refractivity contribution >= 4 is 11.6 Å². The van der Waals surface area contributed by atoms with E-state index < -0.39 is 0 Å². The first kappa shape index (κ1) is 13.3. The molecule has 0 atom stereocenters. The number of hydrogen-bond acceptors (Lipinski definition) is 2. The molecule has 4 nitrogen and oxygen atoms in total. The lowest BCUT2D eigenvalue weighted by molar-refractivity contribution is 0.102. The standard InChI is InChI=1S/C15H19N3O/c1-10(2)12-6-5-7-13(8-12)16-15(19)14-9-18(4)17-11(14)3/h5-10H,1-4H3,(H,16,19). The summed E-state index contributed by atoms with van der Waals surface area (Å²) in [4.78, 5) is 12.2. The zero-order valence-electron chi connectivity index (χ0n) is 11.8. The van der Waals surface area contributed by atoms with Crippen molar-refractivity contribution in [3.63, 3.8) is 0 Å². The molecule has 0 radical (unpaired) electrons. The van der Waals surface area contributed by atoms with Crippen molar-refractivity contribution in [1.29, 1.82) is 0 Å². The Morgan fingerprint density at radius 3 is 2.68 bits per heavy atom. The molecule has 0 saturated carbocycles. The summed E-state index contributed by atoms with van der Waals surface area (Å²) in [6, 6.07) is 7.93. The van der Waals surface area contributed by atoms with Crippen LogP contribution in [0.5, 0.6) is 0 Å². The molecule has 4 heteroatoms. The second-order valence-electron chi connectivity index (χ2n) is 5.04. The maximum Gasteiger partial charge on any atom is 0.259 e. The highest BCUT2D eigenvalue weighted by atomic mass is 16.1. The maximum absolute atomic E-state index is 12.2. The lowest BCUT2D eigenvalue weighted by Crippen LogP contribution is -2.12. The summed E-state index contributed by atoms with van der Waals surface area (Å²) >= 11 is 0. The third kappa shape index (κ3) is 3.02. The van der Waals surface area contributed by atoms with Gasteiger partial charge in [-0.05, 0) is 30.5 Å². The number of nitrogens with one attached hydrogen (secondary N) is 1. The molecule has 0 bridgehead atoms. The largest absolute Gasteiger partial charge is 0.322 e. The zero-order valence-corrected chi connectivity index (χ0v) is 11.8. The smallest absolute Gasteiger partial charge is 0.259 e. The second-order valence-corrected chi connectivity index (χ2v) is 5.04. The fraction of sp³-hybridized carbons (Fsp3) is 0.333. The summed E-state index contributed by atoms with van der Waals surface area (Å²) in [7, 11) is 1.81. The van der Waals surface area contributed by atoms with Crippen LogP contribution in [-0.4, -0.2) is 15.7 Å². The van der Waals surface area contributed by atoms with E-state index in [4.69, 9.17) is 0 Å². The van der Waals surface area contributed by atoms with Crippen LogP contribution in [0, 0.1) is 6.92 Å². The van der Waals surface area contributed by atoms with Crippen LogP contribution in [0.15, 0.2) is 30.5 Å². The monoisotopic (exact) mass is 257 g/mol. The molecule has 1 heterocycles. The van der Waals surface area contributed by atoms with E-state index in [1.165, 1.54) is 5.56 Å². The van der Waals surface area contributed by atoms with Gasteiger partial charge in [0, 0.05) is 18.9 Å². The maximum atomic E-state index is 12.2. The van der Waals surface area contributed by atoms with Gasteiger partial charge in [-0.15, -0.1) is 0 Å². The van der Waals surface area contributed by atoms with Crippen molar-refractivity contribution in [3.8, 4) is 0 Å². The Hall–Kier alpha value is -2.10. The number of amides is 1. The van der Waals surface area contributed by atoms with E-state index in [2.05, 4.69) is 30.3 Å². The minimum absolute atomic E-state index is 0.119. The highest BCUT2D eigenvalue weighted by Gasteiger charge is 2.12. The van der Waals surface area contributed by atoms with Crippen molar-refractivity contribution in [2.24, 2.45) is 7.05 Å². The topological polar surface area (TPSA) is 46.9 Å². The van der Waals surface area contributed by atoms with Gasteiger partial charge < -0.3 is 5.32 Å². The summed E-state index contributed by atoms with van der Waals surface area (Å²) in [6.45, 7) is 6.10. The summed E-state index contributed by atoms with van der Waals surface area (Å²) in [6.07, 6.45) is 1.73. The van der Waals surface area contributed by atoms with Crippen LogP contribution in [-0.2, 0) is 7.05 Å². The van der Waals surface area contributed by atoms with Crippen LogP contribution < -0.4 is 5.32 Å². The Labute approximate surface area is 113 Å². The predicted octanol–water partition coefficient (Wildman–Crippen LogP) is 3.10. The molecule has 1 amide bonds. The predicted molar refractivity (Wildman–Crippen MR) is 76.4 cm³/mol. The summed E-state index contributed by atoms with van der Waals surface area (Å²) in [5, 5.41) is 7.09. The van der Waals surface area contributed by atoms with Gasteiger partial charge in [0.1, 0.15) is 0 Å². The van der Waals surface area contributed by atoms with Gasteiger partial charge in [-0.1, -0.05) is 26.0 Å². The first-order valence-electron chi connectivity index (χ1n) is 6.39. The van der Waals surface area contributed by atoms with E-state index in [0.717, 1.165) is 11.4 Å². The van der Waals surface area contributed by atoms with Gasteiger partial charge in [-0.25, -0.2) is 0 Å². The van der Waals surface area contributed by atoms with Crippen LogP contribution in [0.1, 0.15) is 41.4 Å². The van der Waals surface area contributed by atoms with Crippen molar-refractivity contribution in [2.45, 2.75) is 26.7 Å². The van der Waals surface area contributed by atoms with Gasteiger partial charge in [0.15, 0.2) is 0 Å². The molecule has 2 aromatic rings. The van der Waals surface area contributed by atoms with Gasteiger partial charge in [-0.2, -0.15) is 5.10 Å². The Morgan fingerprint density at radius 1 is 1.37 bits per heavy atom. The number of carbonyl (C=O) groups excluding carboxylic acids is 1. The molecule has 1 aromatic heterocycles. The molecule has 100 valence electrons. The Bertz CT molecular complexity index is 599. The molecular weight excluding hydrogens is 238 g/mol. The number of benzene rings is 1. The molecule has 0 fully saturated rings. The average Bonchev–Trinajstić information content (AvgIpc) is 2.69. The van der Waals surface area contributed by atoms with Crippen LogP contribution in [0.3, 0.4) is 0 Å². The minimum Gasteiger partial charge on any atom is -0.322 e. The number of aryl methyl sites for hydroxylation is 2. The van der Waals surface area contributed by atoms with E-state index in [1.54, 1.807) is 10.9 Å². The molecule has 1 N–H and O–H groups in total. The second kappa shape index (κ2) is 5.26. The fourth-order valence-electron chi connectivity index (χ4n) is 2.00. The van der Waals surface area contributed by atoms with E-state index in [0.29, 0.717) is 11.5 Å². The fourth-order valence-corrected chi connectivity index (χ4v) is 2.00. The van der Waals surface area contributed by atoms with Gasteiger partial charge in [0.05, 0.1) is 11.3 Å². The number of nitrogens with zero attached hydrogens (tertiary/aromatic N) is 2. The highest BCUT2D eigenvalue weighted by molar-refractivity contribution is 6.04. The number of rotatable bonds is 3. The summed E-state index contributed by atoms with van der Waals surface area (Å²) in [5.41, 5.74) is 3.37. The Morgan fingerprint density at radius 2 is 2.11 bits per heavy atom. The molecular formula is C15H19N3O. The van der Waals surface area contributed by atoms with Crippen molar-refractivity contribution in [1.82, 2.24) is 9.78 Å². The molecule has 0 aliphatic rings. The van der Waals surface area contributed by atoms with E-state index >= 15 is 0 Å². The molecule has 0 saturated heterocycles. The zero-order chi connectivity index (χ0) is 14.0. The molecule has 0 spiro atoms. The van der Waals surface area contributed by atoms with Gasteiger partial charge in [0.25, 0.3) is 5.91 Å². The van der Waals surface area contributed by atoms with E-state index in [9.17, 15) is 4.79 Å². The molecule has 2 rings (SSSR count). The average molecular weight is 257 g/mol. The van der Waals surface area contributed by atoms with Gasteiger partial charge in [0.2, 0.25) is 0 Å². The quantitative estimate of drug-likeness (QED) is 0.918. The molecule has 0 aliphatic heterocycles. The van der Waals surface area contributed by atoms with Crippen LogP contribution in [0.4, 0.5) is 5.69 Å². The Balaban J connectivity index is 2.19. The van der Waals surface area contributed by atoms with Crippen molar-refractivity contribution < 1.29 is 4.79 Å². The molecule has 0 aliphatic carbocycles. The highest BCUT2D eigenvalue weighted by Crippen LogP contribution is 2.19. The molecule has 0 unspecified atom stereocenters. The van der Waals surface area contributed by atoms with E-state index in [1.807, 2.05) is 32.2 Å². The molecule has 19 heavy (non-hydrogen) atoms. The van der Waals surface area contributed by atoms with Crippen LogP contribution >= 0.6 is 0 Å². The Kier molecular flexibility index (Phi) is 3.69. The number of anilines is 1. The first-order chi connectivity index (χ1) is 8.97. The third-order valence-corrected chi connectivity index (χ3v) is 3.07. The van der Waals surface area contributed by atoms with Crippen molar-refractivity contribution in [2.75, 3.05) is 5.32 Å². The van der Waals surface area contributed by atoms with Crippen LogP contribution in [0.25, 0.3) is 0 Å². The number of carbonyl (C=O) groups is 1. The lowest BCUT2D eigenvalue weighted by atomic mass is 10.0. The van der Waals surface area contributed by atoms with E-state index in [-0.39, 0.29) is 5.91 Å². The van der Waals surface area contributed by atoms with Gasteiger partial charge in [-0.3, -0.25) is 9.48 Å².